The first-order chi connectivity index (χ1) is 16.8. The standard InChI is InChI=1S/C24H20ClFN4O3S2/c1-15(17-7-10-19(26)11-8-17)27-24(31)20-12-9-18(25)14-22(20)30(35(32)33)23-21(28-34-29-23)13-16-5-3-2-4-6-16/h2-12,14-15H,13H2,1H3,(H,27,31)(H,32,33)/p-1. The highest BCUT2D eigenvalue weighted by Gasteiger charge is 2.25. The summed E-state index contributed by atoms with van der Waals surface area (Å²) in [5.41, 5.74) is 2.17. The van der Waals surface area contributed by atoms with E-state index in [0.717, 1.165) is 21.6 Å². The zero-order valence-electron chi connectivity index (χ0n) is 18.4. The van der Waals surface area contributed by atoms with Crippen molar-refractivity contribution in [2.45, 2.75) is 19.4 Å². The molecule has 2 unspecified atom stereocenters. The number of rotatable bonds is 8. The van der Waals surface area contributed by atoms with Crippen LogP contribution in [0.2, 0.25) is 5.02 Å². The van der Waals surface area contributed by atoms with Crippen LogP contribution in [0.3, 0.4) is 0 Å². The maximum absolute atomic E-state index is 13.3. The number of aromatic nitrogens is 2. The molecule has 2 atom stereocenters. The Hall–Kier alpha value is -3.18. The van der Waals surface area contributed by atoms with E-state index < -0.39 is 23.2 Å². The second-order valence-corrected chi connectivity index (χ2v) is 9.38. The summed E-state index contributed by atoms with van der Waals surface area (Å²) in [6, 6.07) is 19.0. The summed E-state index contributed by atoms with van der Waals surface area (Å²) in [6.07, 6.45) is 0.351. The van der Waals surface area contributed by atoms with Gasteiger partial charge in [0, 0.05) is 11.4 Å². The Bertz CT molecular complexity index is 1350. The molecule has 1 N–H and O–H groups in total. The first-order valence-electron chi connectivity index (χ1n) is 10.4. The summed E-state index contributed by atoms with van der Waals surface area (Å²) < 4.78 is 47.5. The van der Waals surface area contributed by atoms with Gasteiger partial charge in [-0.2, -0.15) is 8.75 Å². The van der Waals surface area contributed by atoms with E-state index in [1.807, 2.05) is 30.3 Å². The molecule has 11 heteroatoms. The zero-order chi connectivity index (χ0) is 24.9. The molecular weight excluding hydrogens is 511 g/mol. The summed E-state index contributed by atoms with van der Waals surface area (Å²) in [7, 11) is 0. The number of carbonyl (C=O) groups is 1. The number of nitrogens with zero attached hydrogens (tertiary/aromatic N) is 3. The molecule has 35 heavy (non-hydrogen) atoms. The fraction of sp³-hybridized carbons (Fsp3) is 0.125. The Morgan fingerprint density at radius 3 is 2.54 bits per heavy atom. The Morgan fingerprint density at radius 2 is 1.86 bits per heavy atom. The van der Waals surface area contributed by atoms with E-state index in [2.05, 4.69) is 14.1 Å². The average molecular weight is 530 g/mol. The van der Waals surface area contributed by atoms with Crippen molar-refractivity contribution in [3.63, 3.8) is 0 Å². The lowest BCUT2D eigenvalue weighted by Crippen LogP contribution is -2.30. The third-order valence-electron chi connectivity index (χ3n) is 5.23. The second-order valence-electron chi connectivity index (χ2n) is 7.62. The number of benzene rings is 3. The lowest BCUT2D eigenvalue weighted by Gasteiger charge is -2.27. The minimum Gasteiger partial charge on any atom is -0.755 e. The molecule has 0 bridgehead atoms. The van der Waals surface area contributed by atoms with Crippen molar-refractivity contribution in [2.75, 3.05) is 4.31 Å². The minimum absolute atomic E-state index is 0.0386. The Morgan fingerprint density at radius 1 is 1.14 bits per heavy atom. The normalized spacial score (nSPS) is 12.7. The molecule has 180 valence electrons. The van der Waals surface area contributed by atoms with Gasteiger partial charge < -0.3 is 9.87 Å². The Kier molecular flexibility index (Phi) is 7.86. The lowest BCUT2D eigenvalue weighted by atomic mass is 10.1. The van der Waals surface area contributed by atoms with Gasteiger partial charge in [-0.3, -0.25) is 13.3 Å². The molecule has 4 aromatic rings. The van der Waals surface area contributed by atoms with Crippen molar-refractivity contribution in [2.24, 2.45) is 0 Å². The molecule has 0 radical (unpaired) electrons. The van der Waals surface area contributed by atoms with Crippen molar-refractivity contribution >= 4 is 52.0 Å². The molecule has 1 amide bonds. The van der Waals surface area contributed by atoms with Gasteiger partial charge in [-0.25, -0.2) is 4.39 Å². The van der Waals surface area contributed by atoms with Gasteiger partial charge >= 0.3 is 0 Å². The molecule has 0 aliphatic rings. The number of nitrogens with one attached hydrogen (secondary N) is 1. The van der Waals surface area contributed by atoms with Gasteiger partial charge in [0.1, 0.15) is 11.5 Å². The van der Waals surface area contributed by atoms with Crippen LogP contribution in [0, 0.1) is 5.82 Å². The molecule has 3 aromatic carbocycles. The Balaban J connectivity index is 1.69. The number of anilines is 2. The third kappa shape index (κ3) is 5.91. The van der Waals surface area contributed by atoms with Crippen LogP contribution in [-0.2, 0) is 17.7 Å². The molecule has 0 aliphatic heterocycles. The van der Waals surface area contributed by atoms with Gasteiger partial charge in [0.25, 0.3) is 5.91 Å². The third-order valence-corrected chi connectivity index (χ3v) is 6.69. The molecule has 7 nitrogen and oxygen atoms in total. The summed E-state index contributed by atoms with van der Waals surface area (Å²) in [6.45, 7) is 1.74. The van der Waals surface area contributed by atoms with Crippen LogP contribution >= 0.6 is 23.3 Å². The fourth-order valence-electron chi connectivity index (χ4n) is 3.50. The highest BCUT2D eigenvalue weighted by molar-refractivity contribution is 7.81. The summed E-state index contributed by atoms with van der Waals surface area (Å²) in [4.78, 5) is 13.2. The van der Waals surface area contributed by atoms with Crippen LogP contribution in [0.15, 0.2) is 72.8 Å². The minimum atomic E-state index is -2.83. The van der Waals surface area contributed by atoms with Crippen LogP contribution < -0.4 is 9.62 Å². The Labute approximate surface area is 213 Å². The molecule has 0 saturated carbocycles. The van der Waals surface area contributed by atoms with Gasteiger partial charge in [-0.05, 0) is 48.4 Å². The first kappa shape index (κ1) is 24.9. The van der Waals surface area contributed by atoms with E-state index in [1.54, 1.807) is 19.1 Å². The molecule has 0 saturated heterocycles. The molecule has 0 aliphatic carbocycles. The summed E-state index contributed by atoms with van der Waals surface area (Å²) >= 11 is 4.23. The van der Waals surface area contributed by atoms with Crippen LogP contribution in [0.5, 0.6) is 0 Å². The van der Waals surface area contributed by atoms with Crippen molar-refractivity contribution in [3.8, 4) is 0 Å². The van der Waals surface area contributed by atoms with Gasteiger partial charge in [0.2, 0.25) is 0 Å². The quantitative estimate of drug-likeness (QED) is 0.310. The van der Waals surface area contributed by atoms with Crippen molar-refractivity contribution in [3.05, 3.63) is 106 Å². The van der Waals surface area contributed by atoms with Crippen LogP contribution in [0.4, 0.5) is 15.9 Å². The van der Waals surface area contributed by atoms with Crippen LogP contribution in [-0.4, -0.2) is 23.4 Å². The molecule has 0 fully saturated rings. The molecule has 1 heterocycles. The topological polar surface area (TPSA) is 98.2 Å². The first-order valence-corrected chi connectivity index (χ1v) is 12.6. The summed E-state index contributed by atoms with van der Waals surface area (Å²) in [5, 5.41) is 3.06. The van der Waals surface area contributed by atoms with E-state index in [4.69, 9.17) is 11.6 Å². The number of carbonyl (C=O) groups excluding carboxylic acids is 1. The van der Waals surface area contributed by atoms with E-state index in [1.165, 1.54) is 30.3 Å². The molecule has 0 spiro atoms. The highest BCUT2D eigenvalue weighted by Crippen LogP contribution is 2.34. The smallest absolute Gasteiger partial charge is 0.253 e. The van der Waals surface area contributed by atoms with Gasteiger partial charge in [0.15, 0.2) is 5.82 Å². The highest BCUT2D eigenvalue weighted by atomic mass is 35.5. The lowest BCUT2D eigenvalue weighted by molar-refractivity contribution is 0.0940. The van der Waals surface area contributed by atoms with E-state index >= 15 is 0 Å². The number of hydrogen-bond acceptors (Lipinski definition) is 6. The maximum Gasteiger partial charge on any atom is 0.253 e. The van der Waals surface area contributed by atoms with Crippen molar-refractivity contribution < 1.29 is 17.9 Å². The second kappa shape index (κ2) is 11.0. The van der Waals surface area contributed by atoms with E-state index in [0.29, 0.717) is 17.7 Å². The van der Waals surface area contributed by atoms with Gasteiger partial charge in [-0.15, -0.1) is 0 Å². The largest absolute Gasteiger partial charge is 0.755 e. The number of halogens is 2. The van der Waals surface area contributed by atoms with Gasteiger partial charge in [-0.1, -0.05) is 54.1 Å². The van der Waals surface area contributed by atoms with Crippen molar-refractivity contribution in [1.82, 2.24) is 14.1 Å². The molecular formula is C24H19ClFN4O3S2-. The predicted molar refractivity (Wildman–Crippen MR) is 134 cm³/mol. The fourth-order valence-corrected chi connectivity index (χ4v) is 4.86. The van der Waals surface area contributed by atoms with E-state index in [-0.39, 0.29) is 27.9 Å². The predicted octanol–water partition coefficient (Wildman–Crippen LogP) is 5.34. The van der Waals surface area contributed by atoms with Gasteiger partial charge in [0.05, 0.1) is 40.3 Å². The monoisotopic (exact) mass is 529 g/mol. The maximum atomic E-state index is 13.3. The summed E-state index contributed by atoms with van der Waals surface area (Å²) in [5.74, 6) is -0.823. The van der Waals surface area contributed by atoms with Crippen molar-refractivity contribution in [1.29, 1.82) is 0 Å². The molecule has 4 rings (SSSR count). The van der Waals surface area contributed by atoms with Crippen LogP contribution in [0.1, 0.15) is 40.1 Å². The molecule has 1 aromatic heterocycles. The zero-order valence-corrected chi connectivity index (χ0v) is 20.7. The number of amides is 1. The van der Waals surface area contributed by atoms with E-state index in [9.17, 15) is 17.9 Å². The van der Waals surface area contributed by atoms with Crippen LogP contribution in [0.25, 0.3) is 0 Å². The number of hydrogen-bond donors (Lipinski definition) is 1. The SMILES string of the molecule is CC(NC(=O)c1ccc(Cl)cc1N(c1nsnc1Cc1ccccc1)S(=O)[O-])c1ccc(F)cc1. The average Bonchev–Trinajstić information content (AvgIpc) is 3.27.